The van der Waals surface area contributed by atoms with E-state index in [2.05, 4.69) is 5.32 Å². The maximum Gasteiger partial charge on any atom is 0.335 e. The maximum atomic E-state index is 11.4. The third kappa shape index (κ3) is 5.44. The van der Waals surface area contributed by atoms with Crippen LogP contribution in [0.25, 0.3) is 0 Å². The molecule has 10 heteroatoms. The number of aromatic carboxylic acids is 2. The standard InChI is InChI=1S/C10H13NO4S.C8H6O4/c1-11-10-6-14-8-4-3-7(16(2,12)13)5-9(8)15-10;9-7(10)5-2-1-3-6(4-5)8(11)12/h3-5,10-11H,6H2,1-2H3;1-4H,(H,9,10)(H,11,12). The van der Waals surface area contributed by atoms with Crippen LogP contribution in [0.4, 0.5) is 0 Å². The van der Waals surface area contributed by atoms with Crippen molar-refractivity contribution in [2.24, 2.45) is 0 Å². The molecule has 0 radical (unpaired) electrons. The van der Waals surface area contributed by atoms with Gasteiger partial charge in [-0.2, -0.15) is 0 Å². The number of benzene rings is 2. The van der Waals surface area contributed by atoms with Crippen molar-refractivity contribution in [1.82, 2.24) is 5.32 Å². The molecule has 2 aromatic rings. The summed E-state index contributed by atoms with van der Waals surface area (Å²) in [4.78, 5) is 21.0. The Balaban J connectivity index is 0.000000209. The number of sulfone groups is 1. The second-order valence-corrected chi connectivity index (χ2v) is 7.79. The molecule has 1 unspecified atom stereocenters. The molecule has 150 valence electrons. The second kappa shape index (κ2) is 8.72. The summed E-state index contributed by atoms with van der Waals surface area (Å²) in [6.45, 7) is 0.404. The van der Waals surface area contributed by atoms with E-state index in [0.29, 0.717) is 18.1 Å². The van der Waals surface area contributed by atoms with Crippen LogP contribution in [0.5, 0.6) is 11.5 Å². The van der Waals surface area contributed by atoms with Gasteiger partial charge in [-0.05, 0) is 37.4 Å². The van der Waals surface area contributed by atoms with Gasteiger partial charge in [-0.1, -0.05) is 6.07 Å². The highest BCUT2D eigenvalue weighted by Crippen LogP contribution is 2.33. The summed E-state index contributed by atoms with van der Waals surface area (Å²) in [5.41, 5.74) is -0.0372. The lowest BCUT2D eigenvalue weighted by atomic mass is 10.1. The van der Waals surface area contributed by atoms with Crippen molar-refractivity contribution in [2.75, 3.05) is 19.9 Å². The first-order valence-electron chi connectivity index (χ1n) is 7.99. The van der Waals surface area contributed by atoms with Crippen LogP contribution in [0.3, 0.4) is 0 Å². The molecule has 0 saturated carbocycles. The molecule has 1 heterocycles. The Morgan fingerprint density at radius 1 is 1.04 bits per heavy atom. The van der Waals surface area contributed by atoms with E-state index in [9.17, 15) is 18.0 Å². The highest BCUT2D eigenvalue weighted by Gasteiger charge is 2.21. The molecule has 0 bridgehead atoms. The Morgan fingerprint density at radius 3 is 2.14 bits per heavy atom. The van der Waals surface area contributed by atoms with Gasteiger partial charge in [-0.25, -0.2) is 18.0 Å². The summed E-state index contributed by atoms with van der Waals surface area (Å²) in [7, 11) is -1.47. The first-order chi connectivity index (χ1) is 13.1. The lowest BCUT2D eigenvalue weighted by Gasteiger charge is -2.26. The van der Waals surface area contributed by atoms with Crippen LogP contribution < -0.4 is 14.8 Å². The van der Waals surface area contributed by atoms with Crippen molar-refractivity contribution in [3.05, 3.63) is 53.6 Å². The lowest BCUT2D eigenvalue weighted by Crippen LogP contribution is -2.39. The van der Waals surface area contributed by atoms with Gasteiger partial charge < -0.3 is 19.7 Å². The van der Waals surface area contributed by atoms with Gasteiger partial charge in [0, 0.05) is 12.3 Å². The summed E-state index contributed by atoms with van der Waals surface area (Å²) < 4.78 is 33.6. The van der Waals surface area contributed by atoms with E-state index in [0.717, 1.165) is 12.3 Å². The summed E-state index contributed by atoms with van der Waals surface area (Å²) in [6, 6.07) is 9.80. The normalized spacial score (nSPS) is 15.1. The van der Waals surface area contributed by atoms with E-state index in [4.69, 9.17) is 19.7 Å². The summed E-state index contributed by atoms with van der Waals surface area (Å²) in [6.07, 6.45) is 0.913. The average Bonchev–Trinajstić information content (AvgIpc) is 2.67. The van der Waals surface area contributed by atoms with E-state index >= 15 is 0 Å². The largest absolute Gasteiger partial charge is 0.484 e. The topological polar surface area (TPSA) is 139 Å². The minimum Gasteiger partial charge on any atom is -0.484 e. The summed E-state index contributed by atoms with van der Waals surface area (Å²) in [5, 5.41) is 19.9. The van der Waals surface area contributed by atoms with Gasteiger partial charge in [0.25, 0.3) is 0 Å². The zero-order valence-electron chi connectivity index (χ0n) is 15.1. The van der Waals surface area contributed by atoms with Crippen molar-refractivity contribution in [3.63, 3.8) is 0 Å². The molecular formula is C18H19NO8S. The minimum absolute atomic E-state index is 0.0186. The van der Waals surface area contributed by atoms with Crippen LogP contribution in [0.15, 0.2) is 47.4 Å². The quantitative estimate of drug-likeness (QED) is 0.685. The van der Waals surface area contributed by atoms with Gasteiger partial charge in [0.15, 0.2) is 27.6 Å². The highest BCUT2D eigenvalue weighted by atomic mass is 32.2. The molecule has 1 aliphatic rings. The van der Waals surface area contributed by atoms with Gasteiger partial charge >= 0.3 is 11.9 Å². The third-order valence-electron chi connectivity index (χ3n) is 3.68. The highest BCUT2D eigenvalue weighted by molar-refractivity contribution is 7.90. The van der Waals surface area contributed by atoms with E-state index in [-0.39, 0.29) is 22.3 Å². The van der Waals surface area contributed by atoms with Crippen molar-refractivity contribution in [3.8, 4) is 11.5 Å². The summed E-state index contributed by atoms with van der Waals surface area (Å²) in [5.74, 6) is -1.23. The molecule has 0 amide bonds. The Kier molecular flexibility index (Phi) is 6.60. The number of ether oxygens (including phenoxy) is 2. The second-order valence-electron chi connectivity index (χ2n) is 5.78. The molecule has 1 aliphatic heterocycles. The molecule has 3 rings (SSSR count). The van der Waals surface area contributed by atoms with E-state index in [1.54, 1.807) is 13.1 Å². The average molecular weight is 409 g/mol. The van der Waals surface area contributed by atoms with Crippen LogP contribution in [0.2, 0.25) is 0 Å². The van der Waals surface area contributed by atoms with Crippen molar-refractivity contribution in [2.45, 2.75) is 11.1 Å². The lowest BCUT2D eigenvalue weighted by molar-refractivity contribution is 0.0696. The zero-order chi connectivity index (χ0) is 20.9. The van der Waals surface area contributed by atoms with Crippen molar-refractivity contribution >= 4 is 21.8 Å². The Bertz CT molecular complexity index is 958. The Morgan fingerprint density at radius 2 is 1.64 bits per heavy atom. The molecule has 28 heavy (non-hydrogen) atoms. The smallest absolute Gasteiger partial charge is 0.335 e. The minimum atomic E-state index is -3.22. The van der Waals surface area contributed by atoms with Crippen LogP contribution in [0.1, 0.15) is 20.7 Å². The molecule has 0 spiro atoms. The molecule has 1 atom stereocenters. The number of fused-ring (bicyclic) bond motifs is 1. The molecule has 0 aromatic heterocycles. The predicted molar refractivity (Wildman–Crippen MR) is 98.9 cm³/mol. The van der Waals surface area contributed by atoms with E-state index in [1.807, 2.05) is 0 Å². The number of hydrogen-bond donors (Lipinski definition) is 3. The molecule has 3 N–H and O–H groups in total. The maximum absolute atomic E-state index is 11.4. The van der Waals surface area contributed by atoms with Gasteiger partial charge in [-0.15, -0.1) is 0 Å². The predicted octanol–water partition coefficient (Wildman–Crippen LogP) is 1.49. The molecule has 0 saturated heterocycles. The Labute approximate surface area is 161 Å². The van der Waals surface area contributed by atoms with Gasteiger partial charge in [0.1, 0.15) is 6.61 Å². The van der Waals surface area contributed by atoms with Gasteiger partial charge in [0.2, 0.25) is 0 Å². The van der Waals surface area contributed by atoms with Crippen LogP contribution in [0, 0.1) is 0 Å². The number of nitrogens with one attached hydrogen (secondary N) is 1. The first-order valence-corrected chi connectivity index (χ1v) is 9.88. The fourth-order valence-electron chi connectivity index (χ4n) is 2.21. The summed E-state index contributed by atoms with van der Waals surface area (Å²) >= 11 is 0. The number of rotatable bonds is 4. The van der Waals surface area contributed by atoms with Gasteiger partial charge in [-0.3, -0.25) is 5.32 Å². The number of carboxylic acids is 2. The molecule has 9 nitrogen and oxygen atoms in total. The third-order valence-corrected chi connectivity index (χ3v) is 4.79. The van der Waals surface area contributed by atoms with Crippen LogP contribution in [-0.4, -0.2) is 56.7 Å². The van der Waals surface area contributed by atoms with E-state index in [1.165, 1.54) is 30.3 Å². The number of hydrogen-bond acceptors (Lipinski definition) is 7. The van der Waals surface area contributed by atoms with Crippen LogP contribution >= 0.6 is 0 Å². The SMILES string of the molecule is CNC1COc2ccc(S(C)(=O)=O)cc2O1.O=C(O)c1cccc(C(=O)O)c1. The first kappa shape index (κ1) is 21.2. The number of carboxylic acid groups (broad SMARTS) is 2. The van der Waals surface area contributed by atoms with Gasteiger partial charge in [0.05, 0.1) is 16.0 Å². The number of likely N-dealkylation sites (N-methyl/N-ethyl adjacent to an activating group) is 1. The molecule has 0 aliphatic carbocycles. The fraction of sp³-hybridized carbons (Fsp3) is 0.222. The molecule has 0 fully saturated rings. The zero-order valence-corrected chi connectivity index (χ0v) is 15.9. The number of carbonyl (C=O) groups is 2. The Hall–Kier alpha value is -3.11. The van der Waals surface area contributed by atoms with Crippen LogP contribution in [-0.2, 0) is 9.84 Å². The van der Waals surface area contributed by atoms with Crippen molar-refractivity contribution in [1.29, 1.82) is 0 Å². The van der Waals surface area contributed by atoms with Crippen molar-refractivity contribution < 1.29 is 37.7 Å². The van der Waals surface area contributed by atoms with E-state index < -0.39 is 21.8 Å². The molecule has 2 aromatic carbocycles. The fourth-order valence-corrected chi connectivity index (χ4v) is 2.85. The monoisotopic (exact) mass is 409 g/mol. The molecular weight excluding hydrogens is 390 g/mol.